The van der Waals surface area contributed by atoms with E-state index in [1.54, 1.807) is 0 Å². The largest absolute Gasteiger partial charge is 0.361 e. The molecule has 0 radical (unpaired) electrons. The molecule has 1 saturated heterocycles. The second kappa shape index (κ2) is 3.85. The molecule has 1 aliphatic heterocycles. The quantitative estimate of drug-likeness (QED) is 0.681. The van der Waals surface area contributed by atoms with E-state index in [4.69, 9.17) is 12.2 Å². The lowest BCUT2D eigenvalue weighted by Gasteiger charge is -2.53. The second-order valence-electron chi connectivity index (χ2n) is 5.65. The molecule has 2 heteroatoms. The third-order valence-electron chi connectivity index (χ3n) is 3.42. The van der Waals surface area contributed by atoms with Crippen LogP contribution < -0.4 is 0 Å². The van der Waals surface area contributed by atoms with E-state index in [2.05, 4.69) is 63.1 Å². The highest BCUT2D eigenvalue weighted by molar-refractivity contribution is 7.80. The molecule has 16 heavy (non-hydrogen) atoms. The molecule has 1 aromatic carbocycles. The molecular weight excluding hydrogens is 214 g/mol. The highest BCUT2D eigenvalue weighted by Gasteiger charge is 2.48. The first-order chi connectivity index (χ1) is 7.43. The lowest BCUT2D eigenvalue weighted by Crippen LogP contribution is -2.56. The number of thiocarbonyl (C=S) groups is 1. The Morgan fingerprint density at radius 2 is 1.69 bits per heavy atom. The van der Waals surface area contributed by atoms with Crippen molar-refractivity contribution in [2.45, 2.75) is 26.8 Å². The van der Waals surface area contributed by atoms with Crippen LogP contribution in [0.5, 0.6) is 0 Å². The molecule has 86 valence electrons. The Labute approximate surface area is 103 Å². The maximum Gasteiger partial charge on any atom is 0.0843 e. The van der Waals surface area contributed by atoms with Crippen molar-refractivity contribution in [3.05, 3.63) is 35.9 Å². The summed E-state index contributed by atoms with van der Waals surface area (Å²) in [5.41, 5.74) is 1.61. The fourth-order valence-corrected chi connectivity index (χ4v) is 3.14. The molecule has 0 bridgehead atoms. The Kier molecular flexibility index (Phi) is 2.79. The van der Waals surface area contributed by atoms with Crippen LogP contribution in [0.2, 0.25) is 0 Å². The van der Waals surface area contributed by atoms with Gasteiger partial charge in [-0.25, -0.2) is 0 Å². The van der Waals surface area contributed by atoms with Crippen LogP contribution in [0.1, 0.15) is 32.4 Å². The third kappa shape index (κ3) is 1.75. The van der Waals surface area contributed by atoms with Gasteiger partial charge < -0.3 is 4.90 Å². The minimum absolute atomic E-state index is 0.240. The van der Waals surface area contributed by atoms with E-state index < -0.39 is 0 Å². The summed E-state index contributed by atoms with van der Waals surface area (Å²) in [6.07, 6.45) is 0. The average molecular weight is 233 g/mol. The molecule has 2 atom stereocenters. The first-order valence-corrected chi connectivity index (χ1v) is 6.15. The smallest absolute Gasteiger partial charge is 0.0843 e. The van der Waals surface area contributed by atoms with E-state index in [9.17, 15) is 0 Å². The summed E-state index contributed by atoms with van der Waals surface area (Å²) in [5, 5.41) is 0. The molecule has 0 amide bonds. The van der Waals surface area contributed by atoms with E-state index in [1.165, 1.54) is 5.56 Å². The molecule has 0 N–H and O–H groups in total. The minimum atomic E-state index is 0.240. The van der Waals surface area contributed by atoms with Crippen LogP contribution in [0.3, 0.4) is 0 Å². The number of nitrogens with zero attached hydrogens (tertiary/aromatic N) is 1. The molecule has 0 saturated carbocycles. The summed E-state index contributed by atoms with van der Waals surface area (Å²) >= 11 is 5.48. The number of hydrogen-bond acceptors (Lipinski definition) is 1. The lowest BCUT2D eigenvalue weighted by molar-refractivity contribution is 0.119. The molecule has 2 rings (SSSR count). The Hall–Kier alpha value is -0.890. The number of hydrogen-bond donors (Lipinski definition) is 0. The van der Waals surface area contributed by atoms with Gasteiger partial charge >= 0.3 is 0 Å². The van der Waals surface area contributed by atoms with Gasteiger partial charge in [0.2, 0.25) is 0 Å². The maximum atomic E-state index is 5.48. The van der Waals surface area contributed by atoms with Gasteiger partial charge in [0.25, 0.3) is 0 Å². The molecule has 1 aliphatic rings. The highest BCUT2D eigenvalue weighted by Crippen LogP contribution is 2.48. The monoisotopic (exact) mass is 233 g/mol. The van der Waals surface area contributed by atoms with Crippen molar-refractivity contribution < 1.29 is 0 Å². The van der Waals surface area contributed by atoms with Crippen molar-refractivity contribution in [3.63, 3.8) is 0 Å². The molecule has 0 spiro atoms. The van der Waals surface area contributed by atoms with Crippen LogP contribution >= 0.6 is 12.2 Å². The topological polar surface area (TPSA) is 3.24 Å². The first-order valence-electron chi connectivity index (χ1n) is 5.74. The highest BCUT2D eigenvalue weighted by atomic mass is 32.1. The number of rotatable bonds is 1. The van der Waals surface area contributed by atoms with E-state index in [1.807, 2.05) is 0 Å². The predicted octanol–water partition coefficient (Wildman–Crippen LogP) is 3.66. The van der Waals surface area contributed by atoms with Gasteiger partial charge in [-0.3, -0.25) is 0 Å². The summed E-state index contributed by atoms with van der Waals surface area (Å²) < 4.78 is 0. The van der Waals surface area contributed by atoms with Crippen LogP contribution in [0.15, 0.2) is 30.3 Å². The van der Waals surface area contributed by atoms with Crippen LogP contribution in [-0.2, 0) is 0 Å². The van der Waals surface area contributed by atoms with E-state index in [0.717, 1.165) is 4.99 Å². The summed E-state index contributed by atoms with van der Waals surface area (Å²) in [6, 6.07) is 11.1. The van der Waals surface area contributed by atoms with E-state index in [-0.39, 0.29) is 5.41 Å². The molecule has 0 aliphatic carbocycles. The Morgan fingerprint density at radius 1 is 1.12 bits per heavy atom. The van der Waals surface area contributed by atoms with Gasteiger partial charge in [0.05, 0.1) is 11.0 Å². The fraction of sp³-hybridized carbons (Fsp3) is 0.500. The Bertz CT molecular complexity index is 391. The number of benzene rings is 1. The van der Waals surface area contributed by atoms with Crippen molar-refractivity contribution in [3.8, 4) is 0 Å². The summed E-state index contributed by atoms with van der Waals surface area (Å²) in [7, 11) is 2.10. The average Bonchev–Trinajstić information content (AvgIpc) is 2.23. The normalized spacial score (nSPS) is 25.5. The van der Waals surface area contributed by atoms with Crippen LogP contribution in [0.4, 0.5) is 0 Å². The van der Waals surface area contributed by atoms with Crippen molar-refractivity contribution in [1.29, 1.82) is 0 Å². The standard InChI is InChI=1S/C14H19NS/c1-14(2,3)11-12(15(4)13(11)16)10-8-6-5-7-9-10/h5-9,11-12H,1-4H3. The fourth-order valence-electron chi connectivity index (χ4n) is 2.54. The van der Waals surface area contributed by atoms with Gasteiger partial charge in [0, 0.05) is 13.0 Å². The SMILES string of the molecule is CN1C(=S)C(C(C)(C)C)C1c1ccccc1. The van der Waals surface area contributed by atoms with Crippen LogP contribution in [-0.4, -0.2) is 16.9 Å². The van der Waals surface area contributed by atoms with Gasteiger partial charge in [0.15, 0.2) is 0 Å². The van der Waals surface area contributed by atoms with Crippen molar-refractivity contribution in [2.24, 2.45) is 11.3 Å². The van der Waals surface area contributed by atoms with Gasteiger partial charge in [-0.05, 0) is 11.0 Å². The Morgan fingerprint density at radius 3 is 2.19 bits per heavy atom. The van der Waals surface area contributed by atoms with E-state index in [0.29, 0.717) is 12.0 Å². The lowest BCUT2D eigenvalue weighted by atomic mass is 9.68. The summed E-state index contributed by atoms with van der Waals surface area (Å²) in [4.78, 5) is 3.32. The maximum absolute atomic E-state index is 5.48. The summed E-state index contributed by atoms with van der Waals surface area (Å²) in [5.74, 6) is 0.481. The molecule has 2 unspecified atom stereocenters. The van der Waals surface area contributed by atoms with Gasteiger partial charge in [-0.1, -0.05) is 63.3 Å². The molecular formula is C14H19NS. The van der Waals surface area contributed by atoms with Crippen molar-refractivity contribution in [2.75, 3.05) is 7.05 Å². The third-order valence-corrected chi connectivity index (χ3v) is 3.96. The van der Waals surface area contributed by atoms with Gasteiger partial charge in [-0.15, -0.1) is 0 Å². The zero-order chi connectivity index (χ0) is 11.9. The molecule has 1 fully saturated rings. The van der Waals surface area contributed by atoms with E-state index >= 15 is 0 Å². The molecule has 1 nitrogen and oxygen atoms in total. The molecule has 1 aromatic rings. The molecule has 0 aromatic heterocycles. The van der Waals surface area contributed by atoms with Crippen molar-refractivity contribution >= 4 is 17.2 Å². The van der Waals surface area contributed by atoms with Crippen LogP contribution in [0.25, 0.3) is 0 Å². The summed E-state index contributed by atoms with van der Waals surface area (Å²) in [6.45, 7) is 6.81. The minimum Gasteiger partial charge on any atom is -0.361 e. The molecule has 1 heterocycles. The first kappa shape index (κ1) is 11.6. The number of likely N-dealkylation sites (tertiary alicyclic amines) is 1. The zero-order valence-electron chi connectivity index (χ0n) is 10.4. The second-order valence-corrected chi connectivity index (χ2v) is 6.07. The predicted molar refractivity (Wildman–Crippen MR) is 72.5 cm³/mol. The van der Waals surface area contributed by atoms with Crippen molar-refractivity contribution in [1.82, 2.24) is 4.90 Å². The Balaban J connectivity index is 2.31. The zero-order valence-corrected chi connectivity index (χ0v) is 11.2. The van der Waals surface area contributed by atoms with Gasteiger partial charge in [-0.2, -0.15) is 0 Å². The van der Waals surface area contributed by atoms with Crippen LogP contribution in [0, 0.1) is 11.3 Å². The van der Waals surface area contributed by atoms with Gasteiger partial charge in [0.1, 0.15) is 0 Å².